The van der Waals surface area contributed by atoms with Crippen molar-refractivity contribution in [3.05, 3.63) is 64.8 Å². The molecule has 140 valence electrons. The van der Waals surface area contributed by atoms with E-state index in [4.69, 9.17) is 4.52 Å². The molecule has 0 N–H and O–H groups in total. The minimum atomic E-state index is -0.0877. The van der Waals surface area contributed by atoms with Crippen molar-refractivity contribution < 1.29 is 9.32 Å². The van der Waals surface area contributed by atoms with Crippen molar-refractivity contribution in [3.8, 4) is 11.4 Å². The number of aromatic nitrogens is 3. The van der Waals surface area contributed by atoms with Crippen LogP contribution in [0, 0.1) is 13.8 Å². The van der Waals surface area contributed by atoms with Crippen LogP contribution in [0.5, 0.6) is 0 Å². The van der Waals surface area contributed by atoms with Gasteiger partial charge in [0.1, 0.15) is 11.5 Å². The Labute approximate surface area is 159 Å². The molecule has 0 aliphatic rings. The number of aryl methyl sites for hydroxylation is 2. The molecule has 0 saturated carbocycles. The third-order valence-electron chi connectivity index (χ3n) is 4.24. The minimum Gasteiger partial charge on any atom is -0.361 e. The van der Waals surface area contributed by atoms with Crippen LogP contribution in [0.3, 0.4) is 0 Å². The predicted octanol–water partition coefficient (Wildman–Crippen LogP) is 4.14. The zero-order valence-corrected chi connectivity index (χ0v) is 16.4. The molecule has 1 aromatic carbocycles. The molecule has 0 unspecified atom stereocenters. The van der Waals surface area contributed by atoms with Crippen LogP contribution in [0.15, 0.2) is 40.9 Å². The highest BCUT2D eigenvalue weighted by Gasteiger charge is 2.16. The molecular formula is C21H24N4O2. The van der Waals surface area contributed by atoms with Crippen LogP contribution in [0.25, 0.3) is 11.4 Å². The SMILES string of the molecule is Cc1cc(C)nc(-c2cccc(C(=O)N(C)Cc3cc(C(C)C)on3)c2)n1. The highest BCUT2D eigenvalue weighted by atomic mass is 16.5. The zero-order chi connectivity index (χ0) is 19.6. The van der Waals surface area contributed by atoms with Gasteiger partial charge in [-0.3, -0.25) is 4.79 Å². The Morgan fingerprint density at radius 2 is 1.81 bits per heavy atom. The lowest BCUT2D eigenvalue weighted by Crippen LogP contribution is -2.26. The molecule has 27 heavy (non-hydrogen) atoms. The van der Waals surface area contributed by atoms with Gasteiger partial charge >= 0.3 is 0 Å². The molecule has 3 aromatic rings. The predicted molar refractivity (Wildman–Crippen MR) is 103 cm³/mol. The Morgan fingerprint density at radius 3 is 2.44 bits per heavy atom. The van der Waals surface area contributed by atoms with Crippen molar-refractivity contribution in [2.24, 2.45) is 0 Å². The molecule has 0 aliphatic heterocycles. The molecule has 0 bridgehead atoms. The number of nitrogens with zero attached hydrogens (tertiary/aromatic N) is 4. The summed E-state index contributed by atoms with van der Waals surface area (Å²) in [5.74, 6) is 1.62. The van der Waals surface area contributed by atoms with Gasteiger partial charge in [-0.1, -0.05) is 31.1 Å². The standard InChI is InChI=1S/C21H24N4O2/c1-13(2)19-11-18(24-27-19)12-25(5)21(26)17-8-6-7-16(10-17)20-22-14(3)9-15(4)23-20/h6-11,13H,12H2,1-5H3. The Bertz CT molecular complexity index is 942. The fourth-order valence-electron chi connectivity index (χ4n) is 2.86. The largest absolute Gasteiger partial charge is 0.361 e. The molecule has 0 fully saturated rings. The maximum absolute atomic E-state index is 12.8. The van der Waals surface area contributed by atoms with Crippen LogP contribution < -0.4 is 0 Å². The quantitative estimate of drug-likeness (QED) is 0.680. The van der Waals surface area contributed by atoms with Crippen molar-refractivity contribution in [3.63, 3.8) is 0 Å². The molecule has 0 spiro atoms. The molecule has 0 atom stereocenters. The second-order valence-electron chi connectivity index (χ2n) is 7.09. The Kier molecular flexibility index (Phi) is 5.35. The van der Waals surface area contributed by atoms with Crippen LogP contribution in [0.2, 0.25) is 0 Å². The van der Waals surface area contributed by atoms with E-state index in [1.54, 1.807) is 18.0 Å². The first-order valence-corrected chi connectivity index (χ1v) is 8.97. The van der Waals surface area contributed by atoms with Crippen molar-refractivity contribution in [2.75, 3.05) is 7.05 Å². The number of hydrogen-bond acceptors (Lipinski definition) is 5. The van der Waals surface area contributed by atoms with Crippen LogP contribution in [0.4, 0.5) is 0 Å². The Balaban J connectivity index is 1.79. The van der Waals surface area contributed by atoms with Gasteiger partial charge in [0.2, 0.25) is 0 Å². The van der Waals surface area contributed by atoms with E-state index < -0.39 is 0 Å². The first kappa shape index (κ1) is 18.8. The van der Waals surface area contributed by atoms with E-state index in [2.05, 4.69) is 15.1 Å². The zero-order valence-electron chi connectivity index (χ0n) is 16.4. The van der Waals surface area contributed by atoms with Gasteiger partial charge < -0.3 is 9.42 Å². The summed E-state index contributed by atoms with van der Waals surface area (Å²) >= 11 is 0. The van der Waals surface area contributed by atoms with Gasteiger partial charge in [-0.15, -0.1) is 0 Å². The molecule has 3 rings (SSSR count). The van der Waals surface area contributed by atoms with Gasteiger partial charge in [0.05, 0.1) is 6.54 Å². The molecule has 6 nitrogen and oxygen atoms in total. The highest BCUT2D eigenvalue weighted by Crippen LogP contribution is 2.20. The number of rotatable bonds is 5. The highest BCUT2D eigenvalue weighted by molar-refractivity contribution is 5.95. The number of carbonyl (C=O) groups is 1. The van der Waals surface area contributed by atoms with Crippen molar-refractivity contribution in [1.29, 1.82) is 0 Å². The van der Waals surface area contributed by atoms with E-state index in [1.165, 1.54) is 0 Å². The maximum Gasteiger partial charge on any atom is 0.253 e. The van der Waals surface area contributed by atoms with Gasteiger partial charge in [0.15, 0.2) is 5.82 Å². The lowest BCUT2D eigenvalue weighted by Gasteiger charge is -2.16. The van der Waals surface area contributed by atoms with Gasteiger partial charge in [-0.25, -0.2) is 9.97 Å². The topological polar surface area (TPSA) is 72.1 Å². The van der Waals surface area contributed by atoms with Gasteiger partial charge in [-0.05, 0) is 32.0 Å². The maximum atomic E-state index is 12.8. The molecule has 1 amide bonds. The molecular weight excluding hydrogens is 340 g/mol. The summed E-state index contributed by atoms with van der Waals surface area (Å²) in [5, 5.41) is 4.05. The lowest BCUT2D eigenvalue weighted by atomic mass is 10.1. The Hall–Kier alpha value is -3.02. The van der Waals surface area contributed by atoms with E-state index in [0.29, 0.717) is 17.9 Å². The summed E-state index contributed by atoms with van der Waals surface area (Å²) < 4.78 is 5.31. The molecule has 6 heteroatoms. The minimum absolute atomic E-state index is 0.0877. The van der Waals surface area contributed by atoms with Gasteiger partial charge in [-0.2, -0.15) is 0 Å². The first-order valence-electron chi connectivity index (χ1n) is 8.97. The molecule has 2 aromatic heterocycles. The first-order chi connectivity index (χ1) is 12.8. The average Bonchev–Trinajstić information content (AvgIpc) is 3.09. The summed E-state index contributed by atoms with van der Waals surface area (Å²) in [5.41, 5.74) is 3.95. The van der Waals surface area contributed by atoms with E-state index in [9.17, 15) is 4.79 Å². The van der Waals surface area contributed by atoms with Crippen molar-refractivity contribution in [2.45, 2.75) is 40.2 Å². The monoisotopic (exact) mass is 364 g/mol. The second kappa shape index (κ2) is 7.70. The second-order valence-corrected chi connectivity index (χ2v) is 7.09. The van der Waals surface area contributed by atoms with Crippen molar-refractivity contribution in [1.82, 2.24) is 20.0 Å². The number of amides is 1. The molecule has 0 radical (unpaired) electrons. The fraction of sp³-hybridized carbons (Fsp3) is 0.333. The third kappa shape index (κ3) is 4.39. The smallest absolute Gasteiger partial charge is 0.253 e. The number of benzene rings is 1. The van der Waals surface area contributed by atoms with E-state index in [1.807, 2.05) is 58.0 Å². The van der Waals surface area contributed by atoms with Gasteiger partial charge in [0.25, 0.3) is 5.91 Å². The van der Waals surface area contributed by atoms with Crippen LogP contribution in [-0.4, -0.2) is 33.0 Å². The Morgan fingerprint density at radius 1 is 1.11 bits per heavy atom. The van der Waals surface area contributed by atoms with Crippen LogP contribution in [0.1, 0.15) is 53.0 Å². The normalized spacial score (nSPS) is 11.0. The number of carbonyl (C=O) groups excluding carboxylic acids is 1. The lowest BCUT2D eigenvalue weighted by molar-refractivity contribution is 0.0782. The summed E-state index contributed by atoms with van der Waals surface area (Å²) in [6.45, 7) is 8.34. The fourth-order valence-corrected chi connectivity index (χ4v) is 2.86. The third-order valence-corrected chi connectivity index (χ3v) is 4.24. The average molecular weight is 364 g/mol. The summed E-state index contributed by atoms with van der Waals surface area (Å²) in [6, 6.07) is 11.2. The summed E-state index contributed by atoms with van der Waals surface area (Å²) in [6.07, 6.45) is 0. The summed E-state index contributed by atoms with van der Waals surface area (Å²) in [7, 11) is 1.76. The van der Waals surface area contributed by atoms with E-state index in [0.717, 1.165) is 28.4 Å². The van der Waals surface area contributed by atoms with Crippen molar-refractivity contribution >= 4 is 5.91 Å². The van der Waals surface area contributed by atoms with Gasteiger partial charge in [0, 0.05) is 41.5 Å². The molecule has 0 saturated heterocycles. The van der Waals surface area contributed by atoms with E-state index >= 15 is 0 Å². The molecule has 2 heterocycles. The number of hydrogen-bond donors (Lipinski definition) is 0. The van der Waals surface area contributed by atoms with E-state index in [-0.39, 0.29) is 11.8 Å². The molecule has 0 aliphatic carbocycles. The summed E-state index contributed by atoms with van der Waals surface area (Å²) in [4.78, 5) is 23.4. The van der Waals surface area contributed by atoms with Crippen LogP contribution in [-0.2, 0) is 6.54 Å². The van der Waals surface area contributed by atoms with Crippen LogP contribution >= 0.6 is 0 Å².